The molecule has 2 heterocycles. The molecule has 0 unspecified atom stereocenters. The van der Waals surface area contributed by atoms with E-state index in [0.717, 1.165) is 18.2 Å². The van der Waals surface area contributed by atoms with E-state index >= 15 is 0 Å². The fraction of sp³-hybridized carbons (Fsp3) is 0.381. The summed E-state index contributed by atoms with van der Waals surface area (Å²) >= 11 is 0. The van der Waals surface area contributed by atoms with E-state index in [1.54, 1.807) is 23.9 Å². The molecule has 1 fully saturated rings. The second-order valence-electron chi connectivity index (χ2n) is 7.93. The normalized spacial score (nSPS) is 14.2. The van der Waals surface area contributed by atoms with Crippen molar-refractivity contribution in [2.75, 3.05) is 12.4 Å². The van der Waals surface area contributed by atoms with E-state index in [1.165, 1.54) is 25.3 Å². The first-order valence-electron chi connectivity index (χ1n) is 10.1. The van der Waals surface area contributed by atoms with Crippen LogP contribution in [0, 0.1) is 6.92 Å². The van der Waals surface area contributed by atoms with Crippen LogP contribution in [-0.2, 0) is 10.0 Å². The summed E-state index contributed by atoms with van der Waals surface area (Å²) < 4.78 is 34.9. The standard InChI is InChI=1S/C21H25N5O4S/c1-12(2)26-20-14(11-22-26)9-17(13(3)23-20)21(27)24-18-10-16(7-8-19(18)30-4)31(28,29)25-15-5-6-15/h7-12,15,25H,5-6H2,1-4H3,(H,24,27). The van der Waals surface area contributed by atoms with Crippen molar-refractivity contribution in [2.24, 2.45) is 0 Å². The maximum atomic E-state index is 13.0. The van der Waals surface area contributed by atoms with Crippen LogP contribution >= 0.6 is 0 Å². The first-order chi connectivity index (χ1) is 14.7. The zero-order chi connectivity index (χ0) is 22.3. The molecule has 1 amide bonds. The number of ether oxygens (including phenoxy) is 1. The third kappa shape index (κ3) is 4.26. The predicted molar refractivity (Wildman–Crippen MR) is 117 cm³/mol. The zero-order valence-corrected chi connectivity index (χ0v) is 18.7. The minimum absolute atomic E-state index is 0.0163. The molecule has 9 nitrogen and oxygen atoms in total. The van der Waals surface area contributed by atoms with Gasteiger partial charge < -0.3 is 10.1 Å². The van der Waals surface area contributed by atoms with Gasteiger partial charge in [-0.25, -0.2) is 22.8 Å². The summed E-state index contributed by atoms with van der Waals surface area (Å²) in [7, 11) is -2.21. The van der Waals surface area contributed by atoms with Gasteiger partial charge in [0.1, 0.15) is 5.75 Å². The fourth-order valence-electron chi connectivity index (χ4n) is 3.30. The van der Waals surface area contributed by atoms with Gasteiger partial charge >= 0.3 is 0 Å². The summed E-state index contributed by atoms with van der Waals surface area (Å²) in [5, 5.41) is 7.87. The number of benzene rings is 1. The van der Waals surface area contributed by atoms with Crippen LogP contribution in [0.25, 0.3) is 11.0 Å². The molecule has 1 saturated carbocycles. The van der Waals surface area contributed by atoms with Crippen molar-refractivity contribution in [3.8, 4) is 5.75 Å². The van der Waals surface area contributed by atoms with Crippen LogP contribution in [-0.4, -0.2) is 42.2 Å². The zero-order valence-electron chi connectivity index (χ0n) is 17.8. The maximum Gasteiger partial charge on any atom is 0.257 e. The summed E-state index contributed by atoms with van der Waals surface area (Å²) in [6, 6.07) is 6.25. The van der Waals surface area contributed by atoms with Gasteiger partial charge in [0.05, 0.1) is 35.1 Å². The number of aromatic nitrogens is 3. The Labute approximate surface area is 180 Å². The predicted octanol–water partition coefficient (Wildman–Crippen LogP) is 3.02. The number of anilines is 1. The number of nitrogens with zero attached hydrogens (tertiary/aromatic N) is 3. The highest BCUT2D eigenvalue weighted by molar-refractivity contribution is 7.89. The van der Waals surface area contributed by atoms with Gasteiger partial charge in [0.25, 0.3) is 5.91 Å². The lowest BCUT2D eigenvalue weighted by molar-refractivity contribution is 0.102. The summed E-state index contributed by atoms with van der Waals surface area (Å²) in [5.74, 6) is -0.0507. The maximum absolute atomic E-state index is 13.0. The van der Waals surface area contributed by atoms with Gasteiger partial charge in [-0.1, -0.05) is 0 Å². The second kappa shape index (κ2) is 7.93. The number of methoxy groups -OCH3 is 1. The number of hydrogen-bond acceptors (Lipinski definition) is 6. The van der Waals surface area contributed by atoms with Gasteiger partial charge in [0.2, 0.25) is 10.0 Å². The van der Waals surface area contributed by atoms with E-state index < -0.39 is 15.9 Å². The van der Waals surface area contributed by atoms with Crippen molar-refractivity contribution >= 4 is 32.7 Å². The van der Waals surface area contributed by atoms with Crippen molar-refractivity contribution < 1.29 is 17.9 Å². The van der Waals surface area contributed by atoms with Crippen LogP contribution in [0.3, 0.4) is 0 Å². The topological polar surface area (TPSA) is 115 Å². The molecule has 2 aromatic heterocycles. The number of rotatable bonds is 7. The number of carbonyl (C=O) groups is 1. The fourth-order valence-corrected chi connectivity index (χ4v) is 4.63. The number of pyridine rings is 1. The molecule has 0 radical (unpaired) electrons. The number of carbonyl (C=O) groups excluding carboxylic acids is 1. The van der Waals surface area contributed by atoms with Crippen LogP contribution in [0.5, 0.6) is 5.75 Å². The molecule has 1 aromatic carbocycles. The van der Waals surface area contributed by atoms with Crippen LogP contribution in [0.4, 0.5) is 5.69 Å². The molecule has 0 bridgehead atoms. The average molecular weight is 444 g/mol. The Kier molecular flexibility index (Phi) is 5.44. The summed E-state index contributed by atoms with van der Waals surface area (Å²) in [5.41, 5.74) is 1.90. The highest BCUT2D eigenvalue weighted by Crippen LogP contribution is 2.30. The monoisotopic (exact) mass is 443 g/mol. The van der Waals surface area contributed by atoms with Gasteiger partial charge in [-0.05, 0) is 57.9 Å². The van der Waals surface area contributed by atoms with E-state index in [1.807, 2.05) is 13.8 Å². The highest BCUT2D eigenvalue weighted by atomic mass is 32.2. The quantitative estimate of drug-likeness (QED) is 0.580. The molecule has 10 heteroatoms. The van der Waals surface area contributed by atoms with Gasteiger partial charge in [-0.3, -0.25) is 4.79 Å². The molecule has 0 aliphatic heterocycles. The van der Waals surface area contributed by atoms with E-state index in [4.69, 9.17) is 4.74 Å². The molecular formula is C21H25N5O4S. The molecule has 0 atom stereocenters. The Bertz CT molecular complexity index is 1260. The average Bonchev–Trinajstić information content (AvgIpc) is 3.42. The summed E-state index contributed by atoms with van der Waals surface area (Å²) in [6.07, 6.45) is 3.35. The molecule has 0 spiro atoms. The van der Waals surface area contributed by atoms with Crippen LogP contribution in [0.15, 0.2) is 35.4 Å². The smallest absolute Gasteiger partial charge is 0.257 e. The lowest BCUT2D eigenvalue weighted by Gasteiger charge is -2.14. The van der Waals surface area contributed by atoms with Crippen molar-refractivity contribution in [3.05, 3.63) is 41.7 Å². The molecule has 1 aliphatic carbocycles. The summed E-state index contributed by atoms with van der Waals surface area (Å²) in [4.78, 5) is 17.7. The molecule has 2 N–H and O–H groups in total. The van der Waals surface area contributed by atoms with Crippen molar-refractivity contribution in [1.82, 2.24) is 19.5 Å². The number of aryl methyl sites for hydroxylation is 1. The van der Waals surface area contributed by atoms with E-state index in [9.17, 15) is 13.2 Å². The number of amides is 1. The first-order valence-corrected chi connectivity index (χ1v) is 11.5. The van der Waals surface area contributed by atoms with E-state index in [0.29, 0.717) is 22.7 Å². The number of hydrogen-bond donors (Lipinski definition) is 2. The Morgan fingerprint density at radius 2 is 2.00 bits per heavy atom. The largest absolute Gasteiger partial charge is 0.495 e. The van der Waals surface area contributed by atoms with Gasteiger partial charge in [0.15, 0.2) is 5.65 Å². The van der Waals surface area contributed by atoms with Crippen molar-refractivity contribution in [2.45, 2.75) is 50.6 Å². The Hall–Kier alpha value is -2.98. The first kappa shape index (κ1) is 21.3. The van der Waals surface area contributed by atoms with Crippen LogP contribution in [0.1, 0.15) is 48.8 Å². The van der Waals surface area contributed by atoms with E-state index in [-0.39, 0.29) is 22.7 Å². The SMILES string of the molecule is COc1ccc(S(=O)(=O)NC2CC2)cc1NC(=O)c1cc2cnn(C(C)C)c2nc1C. The lowest BCUT2D eigenvalue weighted by Crippen LogP contribution is -2.26. The highest BCUT2D eigenvalue weighted by Gasteiger charge is 2.28. The molecule has 1 aliphatic rings. The lowest BCUT2D eigenvalue weighted by atomic mass is 10.1. The molecule has 164 valence electrons. The molecule has 3 aromatic rings. The van der Waals surface area contributed by atoms with Crippen LogP contribution < -0.4 is 14.8 Å². The number of nitrogens with one attached hydrogen (secondary N) is 2. The van der Waals surface area contributed by atoms with Crippen molar-refractivity contribution in [3.63, 3.8) is 0 Å². The van der Waals surface area contributed by atoms with Crippen molar-refractivity contribution in [1.29, 1.82) is 0 Å². The third-order valence-corrected chi connectivity index (χ3v) is 6.64. The number of sulfonamides is 1. The Balaban J connectivity index is 1.66. The molecule has 4 rings (SSSR count). The Morgan fingerprint density at radius 1 is 1.26 bits per heavy atom. The van der Waals surface area contributed by atoms with Gasteiger partial charge in [-0.2, -0.15) is 5.10 Å². The van der Waals surface area contributed by atoms with Gasteiger partial charge in [-0.15, -0.1) is 0 Å². The Morgan fingerprint density at radius 3 is 2.65 bits per heavy atom. The second-order valence-corrected chi connectivity index (χ2v) is 9.64. The molecule has 0 saturated heterocycles. The minimum atomic E-state index is -3.67. The van der Waals surface area contributed by atoms with E-state index in [2.05, 4.69) is 20.1 Å². The third-order valence-electron chi connectivity index (χ3n) is 5.12. The summed E-state index contributed by atoms with van der Waals surface area (Å²) in [6.45, 7) is 5.77. The van der Waals surface area contributed by atoms with Crippen LogP contribution in [0.2, 0.25) is 0 Å². The molecule has 31 heavy (non-hydrogen) atoms. The minimum Gasteiger partial charge on any atom is -0.495 e. The number of fused-ring (bicyclic) bond motifs is 1. The molecular weight excluding hydrogens is 418 g/mol. The van der Waals surface area contributed by atoms with Gasteiger partial charge in [0, 0.05) is 17.5 Å².